The van der Waals surface area contributed by atoms with Crippen LogP contribution in [0.4, 0.5) is 0 Å². The highest BCUT2D eigenvalue weighted by molar-refractivity contribution is 6.62. The molecule has 2 rings (SSSR count). The van der Waals surface area contributed by atoms with Gasteiger partial charge in [-0.1, -0.05) is 115 Å². The standard InChI is InChI=1S/C30H53BO3/c1-6-7-8-9-10-11-12-13-14-15-16-17-18-19-20-21-26-32-28-24-22-27(23-25-28)31-33-29(2,3)30(4,5)34-31/h22-25H,6-21,26H2,1-5H3. The van der Waals surface area contributed by atoms with Crippen LogP contribution in [0.2, 0.25) is 0 Å². The Morgan fingerprint density at radius 1 is 0.588 bits per heavy atom. The van der Waals surface area contributed by atoms with Gasteiger partial charge in [-0.25, -0.2) is 0 Å². The summed E-state index contributed by atoms with van der Waals surface area (Å²) in [5.74, 6) is 0.932. The van der Waals surface area contributed by atoms with E-state index in [9.17, 15) is 0 Å². The third-order valence-corrected chi connectivity index (χ3v) is 7.67. The van der Waals surface area contributed by atoms with E-state index < -0.39 is 0 Å². The molecule has 3 nitrogen and oxygen atoms in total. The number of hydrogen-bond acceptors (Lipinski definition) is 3. The van der Waals surface area contributed by atoms with Gasteiger partial charge in [0.2, 0.25) is 0 Å². The van der Waals surface area contributed by atoms with Crippen LogP contribution >= 0.6 is 0 Å². The summed E-state index contributed by atoms with van der Waals surface area (Å²) < 4.78 is 18.2. The second-order valence-electron chi connectivity index (χ2n) is 11.3. The van der Waals surface area contributed by atoms with Crippen LogP contribution in [0.15, 0.2) is 24.3 Å². The van der Waals surface area contributed by atoms with Crippen molar-refractivity contribution in [2.24, 2.45) is 0 Å². The van der Waals surface area contributed by atoms with Crippen molar-refractivity contribution in [1.29, 1.82) is 0 Å². The van der Waals surface area contributed by atoms with Crippen molar-refractivity contribution in [1.82, 2.24) is 0 Å². The van der Waals surface area contributed by atoms with E-state index in [1.165, 1.54) is 96.3 Å². The first-order valence-corrected chi connectivity index (χ1v) is 14.4. The van der Waals surface area contributed by atoms with E-state index in [0.717, 1.165) is 24.2 Å². The normalized spacial score (nSPS) is 16.8. The highest BCUT2D eigenvalue weighted by Crippen LogP contribution is 2.36. The van der Waals surface area contributed by atoms with Crippen molar-refractivity contribution < 1.29 is 14.0 Å². The van der Waals surface area contributed by atoms with E-state index in [1.807, 2.05) is 12.1 Å². The van der Waals surface area contributed by atoms with E-state index in [1.54, 1.807) is 0 Å². The molecule has 0 amide bonds. The number of benzene rings is 1. The first kappa shape index (κ1) is 29.2. The van der Waals surface area contributed by atoms with E-state index in [-0.39, 0.29) is 18.3 Å². The van der Waals surface area contributed by atoms with Crippen LogP contribution < -0.4 is 10.2 Å². The summed E-state index contributed by atoms with van der Waals surface area (Å²) in [7, 11) is -0.306. The monoisotopic (exact) mass is 472 g/mol. The number of rotatable bonds is 19. The zero-order chi connectivity index (χ0) is 24.7. The topological polar surface area (TPSA) is 27.7 Å². The predicted octanol–water partition coefficient (Wildman–Crippen LogP) is 8.63. The molecule has 194 valence electrons. The van der Waals surface area contributed by atoms with Crippen molar-refractivity contribution in [3.05, 3.63) is 24.3 Å². The number of ether oxygens (including phenoxy) is 1. The minimum atomic E-state index is -0.306. The highest BCUT2D eigenvalue weighted by Gasteiger charge is 2.51. The molecule has 0 N–H and O–H groups in total. The molecule has 0 bridgehead atoms. The summed E-state index contributed by atoms with van der Waals surface area (Å²) in [5, 5.41) is 0. The lowest BCUT2D eigenvalue weighted by atomic mass is 9.79. The van der Waals surface area contributed by atoms with Crippen LogP contribution in [0.5, 0.6) is 5.75 Å². The quantitative estimate of drug-likeness (QED) is 0.149. The molecule has 0 aromatic heterocycles. The van der Waals surface area contributed by atoms with Gasteiger partial charge >= 0.3 is 7.12 Å². The fourth-order valence-corrected chi connectivity index (χ4v) is 4.54. The van der Waals surface area contributed by atoms with Gasteiger partial charge in [0.05, 0.1) is 17.8 Å². The third-order valence-electron chi connectivity index (χ3n) is 7.67. The molecular weight excluding hydrogens is 419 g/mol. The van der Waals surface area contributed by atoms with E-state index >= 15 is 0 Å². The van der Waals surface area contributed by atoms with Crippen molar-refractivity contribution in [3.63, 3.8) is 0 Å². The second kappa shape index (κ2) is 15.9. The Balaban J connectivity index is 1.40. The van der Waals surface area contributed by atoms with Gasteiger partial charge in [-0.3, -0.25) is 0 Å². The molecule has 0 aliphatic carbocycles. The maximum Gasteiger partial charge on any atom is 0.494 e. The molecule has 1 aromatic rings. The van der Waals surface area contributed by atoms with Gasteiger partial charge in [-0.05, 0) is 51.7 Å². The van der Waals surface area contributed by atoms with Gasteiger partial charge in [0.15, 0.2) is 0 Å². The summed E-state index contributed by atoms with van der Waals surface area (Å²) >= 11 is 0. The fourth-order valence-electron chi connectivity index (χ4n) is 4.54. The van der Waals surface area contributed by atoms with Gasteiger partial charge in [0.1, 0.15) is 5.75 Å². The summed E-state index contributed by atoms with van der Waals surface area (Å²) in [6.45, 7) is 11.4. The van der Waals surface area contributed by atoms with Crippen LogP contribution in [-0.4, -0.2) is 24.9 Å². The highest BCUT2D eigenvalue weighted by atomic mass is 16.7. The minimum Gasteiger partial charge on any atom is -0.494 e. The lowest BCUT2D eigenvalue weighted by Gasteiger charge is -2.32. The van der Waals surface area contributed by atoms with Crippen molar-refractivity contribution >= 4 is 12.6 Å². The Hall–Kier alpha value is -0.995. The number of hydrogen-bond donors (Lipinski definition) is 0. The van der Waals surface area contributed by atoms with Crippen molar-refractivity contribution in [2.45, 2.75) is 149 Å². The van der Waals surface area contributed by atoms with E-state index in [0.29, 0.717) is 0 Å². The van der Waals surface area contributed by atoms with Gasteiger partial charge in [0, 0.05) is 0 Å². The average molecular weight is 473 g/mol. The fraction of sp³-hybridized carbons (Fsp3) is 0.800. The van der Waals surface area contributed by atoms with Crippen LogP contribution in [0.1, 0.15) is 137 Å². The Morgan fingerprint density at radius 2 is 0.971 bits per heavy atom. The van der Waals surface area contributed by atoms with Gasteiger partial charge in [0.25, 0.3) is 0 Å². The van der Waals surface area contributed by atoms with E-state index in [2.05, 4.69) is 46.8 Å². The Labute approximate surface area is 211 Å². The molecule has 1 fully saturated rings. The summed E-state index contributed by atoms with van der Waals surface area (Å²) in [6.07, 6.45) is 22.3. The molecule has 1 heterocycles. The van der Waals surface area contributed by atoms with Gasteiger partial charge in [-0.15, -0.1) is 0 Å². The molecule has 0 saturated carbocycles. The molecular formula is C30H53BO3. The maximum absolute atomic E-state index is 6.12. The zero-order valence-corrected chi connectivity index (χ0v) is 23.1. The van der Waals surface area contributed by atoms with Crippen LogP contribution in [-0.2, 0) is 9.31 Å². The minimum absolute atomic E-state index is 0.305. The number of unbranched alkanes of at least 4 members (excludes halogenated alkanes) is 15. The maximum atomic E-state index is 6.12. The second-order valence-corrected chi connectivity index (χ2v) is 11.3. The molecule has 1 aliphatic rings. The molecule has 4 heteroatoms. The molecule has 0 radical (unpaired) electrons. The first-order valence-electron chi connectivity index (χ1n) is 14.4. The summed E-state index contributed by atoms with van der Waals surface area (Å²) in [4.78, 5) is 0. The summed E-state index contributed by atoms with van der Waals surface area (Å²) in [6, 6.07) is 8.19. The Bertz CT molecular complexity index is 625. The van der Waals surface area contributed by atoms with Crippen molar-refractivity contribution in [2.75, 3.05) is 6.61 Å². The van der Waals surface area contributed by atoms with Crippen LogP contribution in [0.25, 0.3) is 0 Å². The lowest BCUT2D eigenvalue weighted by molar-refractivity contribution is 0.00578. The average Bonchev–Trinajstić information content (AvgIpc) is 3.03. The SMILES string of the molecule is CCCCCCCCCCCCCCCCCCOc1ccc(B2OC(C)(C)C(C)(C)O2)cc1. The smallest absolute Gasteiger partial charge is 0.494 e. The largest absolute Gasteiger partial charge is 0.494 e. The molecule has 1 aromatic carbocycles. The first-order chi connectivity index (χ1) is 16.4. The van der Waals surface area contributed by atoms with Crippen molar-refractivity contribution in [3.8, 4) is 5.75 Å². The van der Waals surface area contributed by atoms with E-state index in [4.69, 9.17) is 14.0 Å². The molecule has 1 aliphatic heterocycles. The van der Waals surface area contributed by atoms with Crippen LogP contribution in [0.3, 0.4) is 0 Å². The third kappa shape index (κ3) is 10.7. The van der Waals surface area contributed by atoms with Gasteiger partial charge < -0.3 is 14.0 Å². The molecule has 0 spiro atoms. The predicted molar refractivity (Wildman–Crippen MR) is 147 cm³/mol. The Morgan fingerprint density at radius 3 is 1.38 bits per heavy atom. The van der Waals surface area contributed by atoms with Crippen LogP contribution in [0, 0.1) is 0 Å². The molecule has 34 heavy (non-hydrogen) atoms. The Kier molecular flexibility index (Phi) is 13.7. The molecule has 0 atom stereocenters. The molecule has 0 unspecified atom stereocenters. The zero-order valence-electron chi connectivity index (χ0n) is 23.1. The lowest BCUT2D eigenvalue weighted by Crippen LogP contribution is -2.41. The molecule has 1 saturated heterocycles. The van der Waals surface area contributed by atoms with Gasteiger partial charge in [-0.2, -0.15) is 0 Å². The summed E-state index contributed by atoms with van der Waals surface area (Å²) in [5.41, 5.74) is 0.438.